The maximum Gasteiger partial charge on any atom is 0.291 e. The molecule has 1 saturated heterocycles. The highest BCUT2D eigenvalue weighted by Crippen LogP contribution is 2.31. The van der Waals surface area contributed by atoms with Gasteiger partial charge in [0, 0.05) is 25.7 Å². The first-order chi connectivity index (χ1) is 10.1. The third-order valence-electron chi connectivity index (χ3n) is 4.70. The van der Waals surface area contributed by atoms with Gasteiger partial charge in [0.2, 0.25) is 0 Å². The molecule has 21 heavy (non-hydrogen) atoms. The van der Waals surface area contributed by atoms with Crippen molar-refractivity contribution in [2.75, 3.05) is 18.0 Å². The molecule has 1 aromatic rings. The fourth-order valence-electron chi connectivity index (χ4n) is 3.07. The smallest absolute Gasteiger partial charge is 0.291 e. The number of hydrogen-bond donors (Lipinski definition) is 1. The second kappa shape index (κ2) is 5.97. The van der Waals surface area contributed by atoms with Crippen LogP contribution in [0.15, 0.2) is 11.0 Å². The Bertz CT molecular complexity index is 559. The quantitative estimate of drug-likeness (QED) is 0.922. The Morgan fingerprint density at radius 1 is 1.38 bits per heavy atom. The van der Waals surface area contributed by atoms with Crippen LogP contribution in [0.25, 0.3) is 0 Å². The summed E-state index contributed by atoms with van der Waals surface area (Å²) < 4.78 is 1.58. The summed E-state index contributed by atoms with van der Waals surface area (Å²) in [6.45, 7) is 4.46. The number of nitrogens with two attached hydrogens (primary N) is 1. The Hall–Kier alpha value is -1.07. The highest BCUT2D eigenvalue weighted by atomic mass is 35.5. The normalized spacial score (nSPS) is 21.6. The van der Waals surface area contributed by atoms with E-state index < -0.39 is 0 Å². The average Bonchev–Trinajstić information content (AvgIpc) is 3.27. The molecule has 1 aromatic heterocycles. The van der Waals surface area contributed by atoms with E-state index in [0.717, 1.165) is 32.5 Å². The molecule has 1 aliphatic heterocycles. The minimum atomic E-state index is -0.0475. The van der Waals surface area contributed by atoms with Crippen molar-refractivity contribution in [2.45, 2.75) is 45.2 Å². The zero-order chi connectivity index (χ0) is 15.0. The molecule has 116 valence electrons. The van der Waals surface area contributed by atoms with Gasteiger partial charge in [0.15, 0.2) is 0 Å². The van der Waals surface area contributed by atoms with Crippen molar-refractivity contribution in [1.29, 1.82) is 0 Å². The lowest BCUT2D eigenvalue weighted by atomic mass is 9.91. The maximum absolute atomic E-state index is 12.6. The predicted octanol–water partition coefficient (Wildman–Crippen LogP) is 1.87. The van der Waals surface area contributed by atoms with Crippen LogP contribution >= 0.6 is 11.6 Å². The Kier molecular flexibility index (Phi) is 4.22. The van der Waals surface area contributed by atoms with Crippen molar-refractivity contribution in [2.24, 2.45) is 17.6 Å². The molecule has 1 saturated carbocycles. The van der Waals surface area contributed by atoms with Gasteiger partial charge in [-0.2, -0.15) is 5.10 Å². The molecule has 0 radical (unpaired) electrons. The van der Waals surface area contributed by atoms with Gasteiger partial charge in [-0.05, 0) is 44.4 Å². The van der Waals surface area contributed by atoms with Crippen molar-refractivity contribution >= 4 is 17.3 Å². The third-order valence-corrected chi connectivity index (χ3v) is 4.98. The van der Waals surface area contributed by atoms with Crippen LogP contribution in [0.2, 0.25) is 5.02 Å². The van der Waals surface area contributed by atoms with Gasteiger partial charge in [0.05, 0.1) is 11.2 Å². The van der Waals surface area contributed by atoms with E-state index in [-0.39, 0.29) is 11.6 Å². The van der Waals surface area contributed by atoms with E-state index in [1.54, 1.807) is 10.9 Å². The molecule has 6 heteroatoms. The summed E-state index contributed by atoms with van der Waals surface area (Å²) in [4.78, 5) is 14.7. The topological polar surface area (TPSA) is 64.2 Å². The van der Waals surface area contributed by atoms with Crippen LogP contribution in [0.5, 0.6) is 0 Å². The van der Waals surface area contributed by atoms with E-state index in [4.69, 9.17) is 17.3 Å². The number of piperidine rings is 1. The molecular weight excluding hydrogens is 288 g/mol. The zero-order valence-electron chi connectivity index (χ0n) is 12.5. The van der Waals surface area contributed by atoms with Crippen molar-refractivity contribution < 1.29 is 0 Å². The minimum absolute atomic E-state index is 0.0475. The molecule has 2 fully saturated rings. The first-order valence-corrected chi connectivity index (χ1v) is 8.20. The highest BCUT2D eigenvalue weighted by molar-refractivity contribution is 6.33. The van der Waals surface area contributed by atoms with Crippen LogP contribution in [-0.2, 0) is 6.54 Å². The van der Waals surface area contributed by atoms with Gasteiger partial charge in [-0.1, -0.05) is 11.6 Å². The summed E-state index contributed by atoms with van der Waals surface area (Å²) in [5.41, 5.74) is 6.55. The van der Waals surface area contributed by atoms with Crippen molar-refractivity contribution in [3.8, 4) is 0 Å². The molecule has 0 amide bonds. The van der Waals surface area contributed by atoms with Gasteiger partial charge >= 0.3 is 0 Å². The van der Waals surface area contributed by atoms with Gasteiger partial charge in [0.25, 0.3) is 5.56 Å². The Labute approximate surface area is 130 Å². The molecule has 5 nitrogen and oxygen atoms in total. The Balaban J connectivity index is 1.79. The van der Waals surface area contributed by atoms with E-state index in [2.05, 4.69) is 16.9 Å². The van der Waals surface area contributed by atoms with Crippen LogP contribution in [0, 0.1) is 11.8 Å². The molecule has 2 N–H and O–H groups in total. The summed E-state index contributed by atoms with van der Waals surface area (Å²) in [5.74, 6) is 1.16. The maximum atomic E-state index is 12.6. The largest absolute Gasteiger partial charge is 0.366 e. The van der Waals surface area contributed by atoms with E-state index >= 15 is 0 Å². The summed E-state index contributed by atoms with van der Waals surface area (Å²) >= 11 is 6.24. The number of halogens is 1. The summed E-state index contributed by atoms with van der Waals surface area (Å²) in [7, 11) is 0. The van der Waals surface area contributed by atoms with Crippen LogP contribution in [0.1, 0.15) is 32.6 Å². The number of hydrogen-bond acceptors (Lipinski definition) is 4. The third kappa shape index (κ3) is 3.24. The monoisotopic (exact) mass is 310 g/mol. The summed E-state index contributed by atoms with van der Waals surface area (Å²) in [5, 5.41) is 4.65. The van der Waals surface area contributed by atoms with E-state index in [1.807, 2.05) is 0 Å². The molecule has 0 aromatic carbocycles. The van der Waals surface area contributed by atoms with Crippen LogP contribution in [0.4, 0.5) is 5.69 Å². The molecular formula is C15H23ClN4O. The Morgan fingerprint density at radius 2 is 2.05 bits per heavy atom. The average molecular weight is 311 g/mol. The van der Waals surface area contributed by atoms with Crippen molar-refractivity contribution in [3.05, 3.63) is 21.6 Å². The van der Waals surface area contributed by atoms with Gasteiger partial charge in [-0.15, -0.1) is 0 Å². The van der Waals surface area contributed by atoms with Crippen LogP contribution < -0.4 is 16.2 Å². The Morgan fingerprint density at radius 3 is 2.62 bits per heavy atom. The van der Waals surface area contributed by atoms with Gasteiger partial charge in [-0.25, -0.2) is 4.68 Å². The fraction of sp³-hybridized carbons (Fsp3) is 0.733. The molecule has 2 heterocycles. The number of nitrogens with zero attached hydrogens (tertiary/aromatic N) is 3. The summed E-state index contributed by atoms with van der Waals surface area (Å²) in [6.07, 6.45) is 6.03. The van der Waals surface area contributed by atoms with Crippen LogP contribution in [-0.4, -0.2) is 28.9 Å². The van der Waals surface area contributed by atoms with Crippen LogP contribution in [0.3, 0.4) is 0 Å². The zero-order valence-corrected chi connectivity index (χ0v) is 13.2. The van der Waals surface area contributed by atoms with Crippen molar-refractivity contribution in [3.63, 3.8) is 0 Å². The standard InChI is InChI=1S/C15H23ClN4O/c1-10(17)12-4-6-19(7-5-12)14-13(16)8-18-20(15(14)21)9-11-2-3-11/h8,10-12H,2-7,9,17H2,1H3. The first kappa shape index (κ1) is 14.9. The van der Waals surface area contributed by atoms with Gasteiger partial charge in [-0.3, -0.25) is 4.79 Å². The molecule has 2 aliphatic rings. The van der Waals surface area contributed by atoms with Crippen molar-refractivity contribution in [1.82, 2.24) is 9.78 Å². The molecule has 1 unspecified atom stereocenters. The van der Waals surface area contributed by atoms with E-state index in [9.17, 15) is 4.79 Å². The molecule has 3 rings (SSSR count). The number of aromatic nitrogens is 2. The minimum Gasteiger partial charge on any atom is -0.366 e. The SMILES string of the molecule is CC(N)C1CCN(c2c(Cl)cnn(CC3CC3)c2=O)CC1. The summed E-state index contributed by atoms with van der Waals surface area (Å²) in [6, 6.07) is 0.214. The van der Waals surface area contributed by atoms with E-state index in [0.29, 0.717) is 22.5 Å². The molecule has 1 atom stereocenters. The lowest BCUT2D eigenvalue weighted by Gasteiger charge is -2.35. The second-order valence-corrected chi connectivity index (χ2v) is 6.86. The lowest BCUT2D eigenvalue weighted by molar-refractivity contribution is 0.353. The lowest BCUT2D eigenvalue weighted by Crippen LogP contribution is -2.42. The predicted molar refractivity (Wildman–Crippen MR) is 84.8 cm³/mol. The number of anilines is 1. The van der Waals surface area contributed by atoms with E-state index in [1.165, 1.54) is 12.8 Å². The van der Waals surface area contributed by atoms with Gasteiger partial charge < -0.3 is 10.6 Å². The second-order valence-electron chi connectivity index (χ2n) is 6.46. The van der Waals surface area contributed by atoms with Gasteiger partial charge in [0.1, 0.15) is 5.69 Å². The highest BCUT2D eigenvalue weighted by Gasteiger charge is 2.27. The number of rotatable bonds is 4. The fourth-order valence-corrected chi connectivity index (χ4v) is 3.31. The molecule has 0 bridgehead atoms. The molecule has 1 aliphatic carbocycles. The molecule has 0 spiro atoms. The first-order valence-electron chi connectivity index (χ1n) is 7.82.